The maximum atomic E-state index is 12.5. The molecule has 0 aliphatic rings. The van der Waals surface area contributed by atoms with Gasteiger partial charge in [-0.2, -0.15) is 23.4 Å². The molecule has 1 N–H and O–H groups in total. The molecular weight excluding hydrogens is 299 g/mol. The van der Waals surface area contributed by atoms with Gasteiger partial charge in [-0.05, 0) is 19.9 Å². The van der Waals surface area contributed by atoms with Crippen molar-refractivity contribution in [3.63, 3.8) is 0 Å². The fourth-order valence-corrected chi connectivity index (χ4v) is 2.02. The minimum Gasteiger partial charge on any atom is -0.323 e. The first kappa shape index (κ1) is 16.1. The molecule has 0 saturated heterocycles. The molecule has 120 valence electrons. The first-order chi connectivity index (χ1) is 10.2. The van der Waals surface area contributed by atoms with Crippen molar-refractivity contribution in [3.05, 3.63) is 29.3 Å². The number of alkyl halides is 3. The van der Waals surface area contributed by atoms with Gasteiger partial charge in [-0.1, -0.05) is 0 Å². The number of carbonyl (C=O) groups is 1. The second-order valence-corrected chi connectivity index (χ2v) is 4.99. The van der Waals surface area contributed by atoms with Crippen molar-refractivity contribution in [2.24, 2.45) is 7.05 Å². The Labute approximate surface area is 124 Å². The van der Waals surface area contributed by atoms with Crippen LogP contribution in [0.5, 0.6) is 0 Å². The molecule has 0 aliphatic heterocycles. The summed E-state index contributed by atoms with van der Waals surface area (Å²) in [4.78, 5) is 11.9. The van der Waals surface area contributed by atoms with Crippen molar-refractivity contribution in [1.29, 1.82) is 0 Å². The number of hydrogen-bond donors (Lipinski definition) is 1. The van der Waals surface area contributed by atoms with Crippen LogP contribution >= 0.6 is 0 Å². The lowest BCUT2D eigenvalue weighted by atomic mass is 10.3. The molecule has 1 amide bonds. The van der Waals surface area contributed by atoms with Gasteiger partial charge in [0.05, 0.1) is 11.4 Å². The van der Waals surface area contributed by atoms with E-state index in [4.69, 9.17) is 0 Å². The Morgan fingerprint density at radius 1 is 1.32 bits per heavy atom. The number of carbonyl (C=O) groups excluding carboxylic acids is 1. The Morgan fingerprint density at radius 3 is 2.50 bits per heavy atom. The molecule has 0 radical (unpaired) electrons. The predicted octanol–water partition coefficient (Wildman–Crippen LogP) is 2.28. The van der Waals surface area contributed by atoms with E-state index in [0.29, 0.717) is 17.1 Å². The predicted molar refractivity (Wildman–Crippen MR) is 73.2 cm³/mol. The summed E-state index contributed by atoms with van der Waals surface area (Å²) >= 11 is 0. The first-order valence-corrected chi connectivity index (χ1v) is 6.58. The summed E-state index contributed by atoms with van der Waals surface area (Å²) < 4.78 is 40.4. The van der Waals surface area contributed by atoms with E-state index in [1.54, 1.807) is 24.9 Å². The van der Waals surface area contributed by atoms with Gasteiger partial charge in [-0.25, -0.2) is 0 Å². The van der Waals surface area contributed by atoms with Crippen LogP contribution in [0.25, 0.3) is 0 Å². The summed E-state index contributed by atoms with van der Waals surface area (Å²) in [5.41, 5.74) is 0.664. The van der Waals surface area contributed by atoms with Gasteiger partial charge >= 0.3 is 6.18 Å². The zero-order valence-corrected chi connectivity index (χ0v) is 12.4. The van der Waals surface area contributed by atoms with Gasteiger partial charge < -0.3 is 5.32 Å². The van der Waals surface area contributed by atoms with E-state index in [2.05, 4.69) is 15.5 Å². The Morgan fingerprint density at radius 2 is 2.00 bits per heavy atom. The number of halogens is 3. The summed E-state index contributed by atoms with van der Waals surface area (Å²) in [7, 11) is 1.73. The summed E-state index contributed by atoms with van der Waals surface area (Å²) in [6, 6.07) is 0.961. The number of aryl methyl sites for hydroxylation is 4. The molecular formula is C13H16F3N5O. The van der Waals surface area contributed by atoms with Gasteiger partial charge in [0.2, 0.25) is 5.91 Å². The van der Waals surface area contributed by atoms with Crippen molar-refractivity contribution >= 4 is 11.6 Å². The number of anilines is 1. The summed E-state index contributed by atoms with van der Waals surface area (Å²) in [6.45, 7) is 3.35. The number of rotatable bonds is 4. The standard InChI is InChI=1S/C13H16F3N5O/c1-8-6-11(13(14,15)16)19-21(8)5-4-12(22)17-10-7-20(3)18-9(10)2/h6-7H,4-5H2,1-3H3,(H,17,22). The summed E-state index contributed by atoms with van der Waals surface area (Å²) in [5.74, 6) is -0.306. The van der Waals surface area contributed by atoms with Crippen LogP contribution in [0, 0.1) is 13.8 Å². The molecule has 0 spiro atoms. The molecule has 2 aromatic heterocycles. The van der Waals surface area contributed by atoms with Crippen molar-refractivity contribution in [3.8, 4) is 0 Å². The van der Waals surface area contributed by atoms with Crippen molar-refractivity contribution < 1.29 is 18.0 Å². The quantitative estimate of drug-likeness (QED) is 0.941. The van der Waals surface area contributed by atoms with Crippen LogP contribution in [-0.4, -0.2) is 25.5 Å². The third-order valence-electron chi connectivity index (χ3n) is 3.11. The van der Waals surface area contributed by atoms with Crippen LogP contribution in [0.1, 0.15) is 23.5 Å². The van der Waals surface area contributed by atoms with E-state index in [9.17, 15) is 18.0 Å². The molecule has 0 fully saturated rings. The monoisotopic (exact) mass is 315 g/mol. The minimum absolute atomic E-state index is 0.0220. The van der Waals surface area contributed by atoms with Crippen LogP contribution in [0.4, 0.5) is 18.9 Å². The van der Waals surface area contributed by atoms with Gasteiger partial charge in [-0.15, -0.1) is 0 Å². The van der Waals surface area contributed by atoms with Crippen LogP contribution < -0.4 is 5.32 Å². The van der Waals surface area contributed by atoms with E-state index in [1.807, 2.05) is 0 Å². The van der Waals surface area contributed by atoms with Crippen LogP contribution in [0.3, 0.4) is 0 Å². The molecule has 0 bridgehead atoms. The molecule has 6 nitrogen and oxygen atoms in total. The van der Waals surface area contributed by atoms with Crippen LogP contribution in [0.15, 0.2) is 12.3 Å². The van der Waals surface area contributed by atoms with Crippen LogP contribution in [-0.2, 0) is 24.6 Å². The molecule has 2 rings (SSSR count). The Bertz CT molecular complexity index is 686. The maximum absolute atomic E-state index is 12.5. The van der Waals surface area contributed by atoms with Gasteiger partial charge in [0, 0.05) is 31.9 Å². The lowest BCUT2D eigenvalue weighted by molar-refractivity contribution is -0.141. The fraction of sp³-hybridized carbons (Fsp3) is 0.462. The zero-order chi connectivity index (χ0) is 16.5. The van der Waals surface area contributed by atoms with Crippen molar-refractivity contribution in [2.75, 3.05) is 5.32 Å². The largest absolute Gasteiger partial charge is 0.435 e. The number of hydrogen-bond acceptors (Lipinski definition) is 3. The smallest absolute Gasteiger partial charge is 0.323 e. The number of nitrogens with one attached hydrogen (secondary N) is 1. The van der Waals surface area contributed by atoms with E-state index in [0.717, 1.165) is 6.07 Å². The second-order valence-electron chi connectivity index (χ2n) is 4.99. The normalized spacial score (nSPS) is 11.7. The Balaban J connectivity index is 1.97. The molecule has 0 aliphatic carbocycles. The Kier molecular flexibility index (Phi) is 4.25. The molecule has 9 heteroatoms. The van der Waals surface area contributed by atoms with Crippen LogP contribution in [0.2, 0.25) is 0 Å². The SMILES string of the molecule is Cc1nn(C)cc1NC(=O)CCn1nc(C(F)(F)F)cc1C. The van der Waals surface area contributed by atoms with E-state index < -0.39 is 11.9 Å². The van der Waals surface area contributed by atoms with E-state index >= 15 is 0 Å². The average molecular weight is 315 g/mol. The molecule has 22 heavy (non-hydrogen) atoms. The second kappa shape index (κ2) is 5.82. The number of amides is 1. The van der Waals surface area contributed by atoms with E-state index in [1.165, 1.54) is 11.6 Å². The molecule has 0 atom stereocenters. The highest BCUT2D eigenvalue weighted by Crippen LogP contribution is 2.28. The first-order valence-electron chi connectivity index (χ1n) is 6.58. The topological polar surface area (TPSA) is 64.7 Å². The van der Waals surface area contributed by atoms with Gasteiger partial charge in [-0.3, -0.25) is 14.2 Å². The van der Waals surface area contributed by atoms with Crippen molar-refractivity contribution in [1.82, 2.24) is 19.6 Å². The molecule has 0 saturated carbocycles. The summed E-state index contributed by atoms with van der Waals surface area (Å²) in [5, 5.41) is 10.2. The number of aromatic nitrogens is 4. The molecule has 0 unspecified atom stereocenters. The van der Waals surface area contributed by atoms with Gasteiger partial charge in [0.15, 0.2) is 5.69 Å². The Hall–Kier alpha value is -2.32. The third kappa shape index (κ3) is 3.66. The lowest BCUT2D eigenvalue weighted by Gasteiger charge is -2.06. The highest BCUT2D eigenvalue weighted by molar-refractivity contribution is 5.91. The summed E-state index contributed by atoms with van der Waals surface area (Å²) in [6.07, 6.45) is -2.80. The average Bonchev–Trinajstić information content (AvgIpc) is 2.90. The zero-order valence-electron chi connectivity index (χ0n) is 12.4. The van der Waals surface area contributed by atoms with Gasteiger partial charge in [0.1, 0.15) is 0 Å². The van der Waals surface area contributed by atoms with E-state index in [-0.39, 0.29) is 18.9 Å². The lowest BCUT2D eigenvalue weighted by Crippen LogP contribution is -2.16. The van der Waals surface area contributed by atoms with Gasteiger partial charge in [0.25, 0.3) is 0 Å². The highest BCUT2D eigenvalue weighted by atomic mass is 19.4. The van der Waals surface area contributed by atoms with Crippen molar-refractivity contribution in [2.45, 2.75) is 33.0 Å². The number of nitrogens with zero attached hydrogens (tertiary/aromatic N) is 4. The molecule has 0 aromatic carbocycles. The highest BCUT2D eigenvalue weighted by Gasteiger charge is 2.34. The minimum atomic E-state index is -4.48. The fourth-order valence-electron chi connectivity index (χ4n) is 2.02. The maximum Gasteiger partial charge on any atom is 0.435 e. The molecule has 2 heterocycles. The third-order valence-corrected chi connectivity index (χ3v) is 3.11. The molecule has 2 aromatic rings.